The molecule has 0 aliphatic rings. The van der Waals surface area contributed by atoms with Crippen molar-refractivity contribution in [2.75, 3.05) is 14.2 Å². The molecule has 84 valence electrons. The fourth-order valence-corrected chi connectivity index (χ4v) is 1.80. The molecule has 0 radical (unpaired) electrons. The molecule has 15 heavy (non-hydrogen) atoms. The molecule has 4 heteroatoms. The highest BCUT2D eigenvalue weighted by molar-refractivity contribution is 6.33. The maximum absolute atomic E-state index is 6.11. The Morgan fingerprint density at radius 3 is 2.47 bits per heavy atom. The minimum Gasteiger partial charge on any atom is -0.495 e. The molecule has 0 saturated heterocycles. The number of benzene rings is 1. The molecule has 0 aliphatic carbocycles. The van der Waals surface area contributed by atoms with Gasteiger partial charge in [0.25, 0.3) is 0 Å². The van der Waals surface area contributed by atoms with Crippen LogP contribution in [0.5, 0.6) is 11.5 Å². The molecule has 0 heterocycles. The van der Waals surface area contributed by atoms with Gasteiger partial charge in [0.05, 0.1) is 14.2 Å². The predicted molar refractivity (Wildman–Crippen MR) is 61.9 cm³/mol. The van der Waals surface area contributed by atoms with E-state index in [0.29, 0.717) is 16.5 Å². The second-order valence-electron chi connectivity index (χ2n) is 3.46. The zero-order valence-electron chi connectivity index (χ0n) is 9.21. The molecule has 1 atom stereocenters. The average molecular weight is 230 g/mol. The molecule has 1 aromatic rings. The third kappa shape index (κ3) is 2.76. The second-order valence-corrected chi connectivity index (χ2v) is 3.83. The second kappa shape index (κ2) is 5.24. The highest BCUT2D eigenvalue weighted by atomic mass is 35.5. The quantitative estimate of drug-likeness (QED) is 0.861. The van der Waals surface area contributed by atoms with Crippen LogP contribution in [0, 0.1) is 0 Å². The molecule has 0 aromatic heterocycles. The summed E-state index contributed by atoms with van der Waals surface area (Å²) in [6, 6.07) is 3.82. The first-order valence-electron chi connectivity index (χ1n) is 4.75. The molecule has 0 spiro atoms. The monoisotopic (exact) mass is 229 g/mol. The summed E-state index contributed by atoms with van der Waals surface area (Å²) in [6.07, 6.45) is 0.729. The molecule has 0 aliphatic heterocycles. The van der Waals surface area contributed by atoms with E-state index in [-0.39, 0.29) is 6.04 Å². The highest BCUT2D eigenvalue weighted by Gasteiger charge is 2.13. The normalized spacial score (nSPS) is 12.3. The van der Waals surface area contributed by atoms with Crippen LogP contribution in [-0.2, 0) is 6.42 Å². The Labute approximate surface area is 95.1 Å². The van der Waals surface area contributed by atoms with Crippen molar-refractivity contribution in [2.24, 2.45) is 5.73 Å². The summed E-state index contributed by atoms with van der Waals surface area (Å²) in [5.41, 5.74) is 6.74. The summed E-state index contributed by atoms with van der Waals surface area (Å²) < 4.78 is 10.4. The van der Waals surface area contributed by atoms with E-state index in [1.54, 1.807) is 14.2 Å². The van der Waals surface area contributed by atoms with Gasteiger partial charge < -0.3 is 15.2 Å². The first-order chi connectivity index (χ1) is 7.10. The molecule has 1 rings (SSSR count). The summed E-state index contributed by atoms with van der Waals surface area (Å²) >= 11 is 6.11. The Balaban J connectivity index is 3.12. The van der Waals surface area contributed by atoms with Crippen LogP contribution >= 0.6 is 11.6 Å². The number of hydrogen-bond donors (Lipinski definition) is 1. The minimum atomic E-state index is 0.0726. The molecular weight excluding hydrogens is 214 g/mol. The molecule has 1 aromatic carbocycles. The van der Waals surface area contributed by atoms with Crippen molar-refractivity contribution in [2.45, 2.75) is 19.4 Å². The number of rotatable bonds is 4. The van der Waals surface area contributed by atoms with Crippen LogP contribution in [0.3, 0.4) is 0 Å². The van der Waals surface area contributed by atoms with Crippen LogP contribution in [-0.4, -0.2) is 20.3 Å². The molecular formula is C11H16ClNO2. The lowest BCUT2D eigenvalue weighted by atomic mass is 10.1. The van der Waals surface area contributed by atoms with Crippen molar-refractivity contribution in [3.8, 4) is 11.5 Å². The molecule has 3 nitrogen and oxygen atoms in total. The van der Waals surface area contributed by atoms with Gasteiger partial charge in [0.2, 0.25) is 0 Å². The van der Waals surface area contributed by atoms with E-state index < -0.39 is 0 Å². The SMILES string of the molecule is COc1ccc(CC(C)N)c(OC)c1Cl. The third-order valence-electron chi connectivity index (χ3n) is 2.11. The van der Waals surface area contributed by atoms with Gasteiger partial charge in [-0.25, -0.2) is 0 Å². The Bertz CT molecular complexity index is 340. The molecule has 2 N–H and O–H groups in total. The van der Waals surface area contributed by atoms with E-state index in [0.717, 1.165) is 12.0 Å². The number of halogens is 1. The lowest BCUT2D eigenvalue weighted by Gasteiger charge is -2.14. The number of ether oxygens (including phenoxy) is 2. The maximum atomic E-state index is 6.11. The largest absolute Gasteiger partial charge is 0.495 e. The Kier molecular flexibility index (Phi) is 4.24. The molecule has 0 amide bonds. The van der Waals surface area contributed by atoms with E-state index in [2.05, 4.69) is 0 Å². The Hall–Kier alpha value is -0.930. The summed E-state index contributed by atoms with van der Waals surface area (Å²) in [6.45, 7) is 1.94. The minimum absolute atomic E-state index is 0.0726. The molecule has 0 saturated carbocycles. The first-order valence-corrected chi connectivity index (χ1v) is 5.12. The van der Waals surface area contributed by atoms with Crippen molar-refractivity contribution < 1.29 is 9.47 Å². The van der Waals surface area contributed by atoms with E-state index in [1.165, 1.54) is 0 Å². The predicted octanol–water partition coefficient (Wildman–Crippen LogP) is 2.25. The van der Waals surface area contributed by atoms with Crippen molar-refractivity contribution >= 4 is 11.6 Å². The topological polar surface area (TPSA) is 44.5 Å². The Morgan fingerprint density at radius 2 is 2.00 bits per heavy atom. The standard InChI is InChI=1S/C11H16ClNO2/c1-7(13)6-8-4-5-9(14-2)10(12)11(8)15-3/h4-5,7H,6,13H2,1-3H3. The van der Waals surface area contributed by atoms with E-state index in [1.807, 2.05) is 19.1 Å². The fraction of sp³-hybridized carbons (Fsp3) is 0.455. The Morgan fingerprint density at radius 1 is 1.33 bits per heavy atom. The summed E-state index contributed by atoms with van der Waals surface area (Å²) in [7, 11) is 3.16. The molecule has 0 fully saturated rings. The third-order valence-corrected chi connectivity index (χ3v) is 2.47. The van der Waals surface area contributed by atoms with E-state index >= 15 is 0 Å². The summed E-state index contributed by atoms with van der Waals surface area (Å²) in [4.78, 5) is 0. The van der Waals surface area contributed by atoms with E-state index in [4.69, 9.17) is 26.8 Å². The molecule has 1 unspecified atom stereocenters. The van der Waals surface area contributed by atoms with Gasteiger partial charge in [-0.15, -0.1) is 0 Å². The first kappa shape index (κ1) is 12.1. The van der Waals surface area contributed by atoms with Crippen molar-refractivity contribution in [1.82, 2.24) is 0 Å². The van der Waals surface area contributed by atoms with Gasteiger partial charge in [-0.1, -0.05) is 17.7 Å². The lowest BCUT2D eigenvalue weighted by molar-refractivity contribution is 0.390. The highest BCUT2D eigenvalue weighted by Crippen LogP contribution is 2.37. The van der Waals surface area contributed by atoms with Gasteiger partial charge in [0.1, 0.15) is 16.5 Å². The average Bonchev–Trinajstić information content (AvgIpc) is 2.18. The van der Waals surface area contributed by atoms with Gasteiger partial charge in [0, 0.05) is 6.04 Å². The van der Waals surface area contributed by atoms with Gasteiger partial charge in [-0.3, -0.25) is 0 Å². The number of hydrogen-bond acceptors (Lipinski definition) is 3. The molecule has 0 bridgehead atoms. The smallest absolute Gasteiger partial charge is 0.144 e. The van der Waals surface area contributed by atoms with Gasteiger partial charge >= 0.3 is 0 Å². The maximum Gasteiger partial charge on any atom is 0.144 e. The van der Waals surface area contributed by atoms with Gasteiger partial charge in [-0.2, -0.15) is 0 Å². The zero-order valence-corrected chi connectivity index (χ0v) is 9.97. The summed E-state index contributed by atoms with van der Waals surface area (Å²) in [5.74, 6) is 1.26. The van der Waals surface area contributed by atoms with Crippen molar-refractivity contribution in [3.05, 3.63) is 22.7 Å². The number of methoxy groups -OCH3 is 2. The van der Waals surface area contributed by atoms with Crippen LogP contribution in [0.2, 0.25) is 5.02 Å². The van der Waals surface area contributed by atoms with Crippen molar-refractivity contribution in [1.29, 1.82) is 0 Å². The fourth-order valence-electron chi connectivity index (χ4n) is 1.46. The van der Waals surface area contributed by atoms with Crippen molar-refractivity contribution in [3.63, 3.8) is 0 Å². The van der Waals surface area contributed by atoms with Gasteiger partial charge in [0.15, 0.2) is 0 Å². The van der Waals surface area contributed by atoms with Gasteiger partial charge in [-0.05, 0) is 25.0 Å². The number of nitrogens with two attached hydrogens (primary N) is 1. The lowest BCUT2D eigenvalue weighted by Crippen LogP contribution is -2.18. The van der Waals surface area contributed by atoms with Crippen LogP contribution in [0.25, 0.3) is 0 Å². The summed E-state index contributed by atoms with van der Waals surface area (Å²) in [5, 5.41) is 0.498. The van der Waals surface area contributed by atoms with Crippen LogP contribution in [0.15, 0.2) is 12.1 Å². The zero-order chi connectivity index (χ0) is 11.4. The van der Waals surface area contributed by atoms with Crippen LogP contribution in [0.4, 0.5) is 0 Å². The van der Waals surface area contributed by atoms with Crippen LogP contribution in [0.1, 0.15) is 12.5 Å². The van der Waals surface area contributed by atoms with Crippen LogP contribution < -0.4 is 15.2 Å². The van der Waals surface area contributed by atoms with E-state index in [9.17, 15) is 0 Å².